The molecule has 0 saturated carbocycles. The van der Waals surface area contributed by atoms with Gasteiger partial charge >= 0.3 is 5.92 Å². The van der Waals surface area contributed by atoms with Gasteiger partial charge in [-0.05, 0) is 35.2 Å². The highest BCUT2D eigenvalue weighted by molar-refractivity contribution is 6.07. The summed E-state index contributed by atoms with van der Waals surface area (Å²) >= 11 is 0. The van der Waals surface area contributed by atoms with Crippen LogP contribution in [-0.4, -0.2) is 17.6 Å². The molecule has 0 aliphatic rings. The molecule has 3 aromatic rings. The molecular formula is C25H23F2NO3. The Kier molecular flexibility index (Phi) is 7.49. The van der Waals surface area contributed by atoms with Gasteiger partial charge in [-0.15, -0.1) is 0 Å². The van der Waals surface area contributed by atoms with Gasteiger partial charge in [0.25, 0.3) is 5.91 Å². The van der Waals surface area contributed by atoms with Gasteiger partial charge in [-0.1, -0.05) is 72.8 Å². The molecule has 0 aliphatic carbocycles. The van der Waals surface area contributed by atoms with Crippen molar-refractivity contribution in [2.45, 2.75) is 31.9 Å². The lowest BCUT2D eigenvalue weighted by atomic mass is 10.0. The Morgan fingerprint density at radius 3 is 1.97 bits per heavy atom. The average molecular weight is 423 g/mol. The molecule has 3 aromatic carbocycles. The number of nitrogens with one attached hydrogen (secondary N) is 1. The van der Waals surface area contributed by atoms with Crippen molar-refractivity contribution < 1.29 is 23.1 Å². The lowest BCUT2D eigenvalue weighted by Gasteiger charge is -2.15. The normalized spacial score (nSPS) is 11.0. The predicted octanol–water partition coefficient (Wildman–Crippen LogP) is 4.72. The summed E-state index contributed by atoms with van der Waals surface area (Å²) < 4.78 is 34.0. The van der Waals surface area contributed by atoms with Gasteiger partial charge < -0.3 is 10.1 Å². The third-order valence-electron chi connectivity index (χ3n) is 4.74. The van der Waals surface area contributed by atoms with E-state index in [1.54, 1.807) is 54.6 Å². The maximum Gasteiger partial charge on any atom is 0.381 e. The molecule has 0 saturated heterocycles. The molecule has 31 heavy (non-hydrogen) atoms. The SMILES string of the molecule is O=C(CCc1ccc(OCc2ccccc2)cc1)C(F)(F)C(=O)NCc1ccccc1. The highest BCUT2D eigenvalue weighted by Crippen LogP contribution is 2.20. The van der Waals surface area contributed by atoms with Gasteiger partial charge in [0.1, 0.15) is 12.4 Å². The van der Waals surface area contributed by atoms with E-state index in [-0.39, 0.29) is 13.0 Å². The molecule has 0 heterocycles. The van der Waals surface area contributed by atoms with E-state index in [2.05, 4.69) is 5.32 Å². The zero-order valence-electron chi connectivity index (χ0n) is 16.9. The minimum atomic E-state index is -4.06. The molecule has 1 amide bonds. The summed E-state index contributed by atoms with van der Waals surface area (Å²) in [6, 6.07) is 25.3. The van der Waals surface area contributed by atoms with Crippen molar-refractivity contribution in [3.05, 3.63) is 102 Å². The van der Waals surface area contributed by atoms with Crippen molar-refractivity contribution >= 4 is 11.7 Å². The van der Waals surface area contributed by atoms with E-state index in [1.165, 1.54) is 0 Å². The van der Waals surface area contributed by atoms with Gasteiger partial charge in [0.05, 0.1) is 0 Å². The quantitative estimate of drug-likeness (QED) is 0.480. The minimum absolute atomic E-state index is 0.0625. The van der Waals surface area contributed by atoms with Gasteiger partial charge in [-0.2, -0.15) is 8.78 Å². The van der Waals surface area contributed by atoms with Crippen molar-refractivity contribution in [2.75, 3.05) is 0 Å². The van der Waals surface area contributed by atoms with Crippen molar-refractivity contribution in [1.82, 2.24) is 5.32 Å². The summed E-state index contributed by atoms with van der Waals surface area (Å²) in [6.07, 6.45) is -0.324. The lowest BCUT2D eigenvalue weighted by molar-refractivity contribution is -0.158. The Hall–Kier alpha value is -3.54. The van der Waals surface area contributed by atoms with Crippen LogP contribution in [0.1, 0.15) is 23.1 Å². The van der Waals surface area contributed by atoms with Crippen LogP contribution in [0.25, 0.3) is 0 Å². The molecule has 0 aliphatic heterocycles. The smallest absolute Gasteiger partial charge is 0.381 e. The highest BCUT2D eigenvalue weighted by atomic mass is 19.3. The Bertz CT molecular complexity index is 990. The van der Waals surface area contributed by atoms with E-state index in [1.807, 2.05) is 30.3 Å². The molecule has 0 bridgehead atoms. The van der Waals surface area contributed by atoms with Gasteiger partial charge in [0.2, 0.25) is 5.78 Å². The number of ether oxygens (including phenoxy) is 1. The molecule has 0 fully saturated rings. The first-order valence-electron chi connectivity index (χ1n) is 9.94. The van der Waals surface area contributed by atoms with Gasteiger partial charge in [0.15, 0.2) is 0 Å². The van der Waals surface area contributed by atoms with Gasteiger partial charge in [0, 0.05) is 13.0 Å². The van der Waals surface area contributed by atoms with Crippen molar-refractivity contribution in [3.8, 4) is 5.75 Å². The fraction of sp³-hybridized carbons (Fsp3) is 0.200. The van der Waals surface area contributed by atoms with Crippen molar-refractivity contribution in [2.24, 2.45) is 0 Å². The predicted molar refractivity (Wildman–Crippen MR) is 114 cm³/mol. The first-order valence-corrected chi connectivity index (χ1v) is 9.94. The number of hydrogen-bond acceptors (Lipinski definition) is 3. The molecule has 1 N–H and O–H groups in total. The third kappa shape index (κ3) is 6.47. The fourth-order valence-electron chi connectivity index (χ4n) is 2.92. The first kappa shape index (κ1) is 22.2. The molecule has 6 heteroatoms. The maximum atomic E-state index is 14.2. The largest absolute Gasteiger partial charge is 0.489 e. The van der Waals surface area contributed by atoms with Crippen LogP contribution in [0, 0.1) is 0 Å². The summed E-state index contributed by atoms with van der Waals surface area (Å²) in [7, 11) is 0. The van der Waals surface area contributed by atoms with Crippen LogP contribution in [0.5, 0.6) is 5.75 Å². The monoisotopic (exact) mass is 423 g/mol. The van der Waals surface area contributed by atoms with E-state index >= 15 is 0 Å². The number of halogens is 2. The Morgan fingerprint density at radius 2 is 1.35 bits per heavy atom. The molecule has 0 radical (unpaired) electrons. The molecule has 0 aromatic heterocycles. The van der Waals surface area contributed by atoms with E-state index in [9.17, 15) is 18.4 Å². The second kappa shape index (κ2) is 10.5. The summed E-state index contributed by atoms with van der Waals surface area (Å²) in [5.74, 6) is -6.40. The molecule has 3 rings (SSSR count). The number of amides is 1. The van der Waals surface area contributed by atoms with Crippen LogP contribution in [-0.2, 0) is 29.2 Å². The zero-order chi connectivity index (χ0) is 22.1. The Morgan fingerprint density at radius 1 is 0.774 bits per heavy atom. The van der Waals surface area contributed by atoms with Crippen molar-refractivity contribution in [1.29, 1.82) is 0 Å². The minimum Gasteiger partial charge on any atom is -0.489 e. The van der Waals surface area contributed by atoms with Crippen LogP contribution < -0.4 is 10.1 Å². The molecule has 0 unspecified atom stereocenters. The average Bonchev–Trinajstić information content (AvgIpc) is 2.81. The number of carbonyl (C=O) groups excluding carboxylic acids is 2. The van der Waals surface area contributed by atoms with Gasteiger partial charge in [-0.3, -0.25) is 9.59 Å². The molecule has 0 atom stereocenters. The summed E-state index contributed by atoms with van der Waals surface area (Å²) in [6.45, 7) is 0.357. The second-order valence-electron chi connectivity index (χ2n) is 7.08. The van der Waals surface area contributed by atoms with E-state index in [0.29, 0.717) is 23.5 Å². The number of carbonyl (C=O) groups is 2. The number of benzene rings is 3. The van der Waals surface area contributed by atoms with Crippen LogP contribution in [0.2, 0.25) is 0 Å². The topological polar surface area (TPSA) is 55.4 Å². The Labute approximate surface area is 179 Å². The first-order chi connectivity index (χ1) is 14.9. The fourth-order valence-corrected chi connectivity index (χ4v) is 2.92. The maximum absolute atomic E-state index is 14.2. The van der Waals surface area contributed by atoms with E-state index in [0.717, 1.165) is 5.56 Å². The third-order valence-corrected chi connectivity index (χ3v) is 4.74. The lowest BCUT2D eigenvalue weighted by Crippen LogP contribution is -2.45. The molecule has 4 nitrogen and oxygen atoms in total. The summed E-state index contributed by atoms with van der Waals surface area (Å²) in [4.78, 5) is 23.8. The van der Waals surface area contributed by atoms with E-state index in [4.69, 9.17) is 4.74 Å². The summed E-state index contributed by atoms with van der Waals surface area (Å²) in [5, 5.41) is 2.13. The standard InChI is InChI=1S/C25H23F2NO3/c26-25(27,24(30)28-17-20-7-3-1-4-8-20)23(29)16-13-19-11-14-22(15-12-19)31-18-21-9-5-2-6-10-21/h1-12,14-15H,13,16-18H2,(H,28,30). The van der Waals surface area contributed by atoms with Crippen LogP contribution in [0.15, 0.2) is 84.9 Å². The Balaban J connectivity index is 1.46. The second-order valence-corrected chi connectivity index (χ2v) is 7.08. The number of ketones is 1. The number of alkyl halides is 2. The van der Waals surface area contributed by atoms with Gasteiger partial charge in [-0.25, -0.2) is 0 Å². The molecule has 0 spiro atoms. The number of rotatable bonds is 10. The number of aryl methyl sites for hydroxylation is 1. The highest BCUT2D eigenvalue weighted by Gasteiger charge is 2.45. The summed E-state index contributed by atoms with van der Waals surface area (Å²) in [5.41, 5.74) is 2.42. The zero-order valence-corrected chi connectivity index (χ0v) is 16.9. The van der Waals surface area contributed by atoms with E-state index < -0.39 is 24.0 Å². The number of Topliss-reactive ketones (excluding diaryl/α,β-unsaturated/α-hetero) is 1. The van der Waals surface area contributed by atoms with Crippen LogP contribution in [0.4, 0.5) is 8.78 Å². The number of hydrogen-bond donors (Lipinski definition) is 1. The molecular weight excluding hydrogens is 400 g/mol. The van der Waals surface area contributed by atoms with Crippen LogP contribution >= 0.6 is 0 Å². The van der Waals surface area contributed by atoms with Crippen molar-refractivity contribution in [3.63, 3.8) is 0 Å². The van der Waals surface area contributed by atoms with Crippen LogP contribution in [0.3, 0.4) is 0 Å². The molecule has 160 valence electrons.